The van der Waals surface area contributed by atoms with Gasteiger partial charge in [0.2, 0.25) is 15.9 Å². The van der Waals surface area contributed by atoms with Crippen molar-refractivity contribution in [3.8, 4) is 5.75 Å². The Balaban J connectivity index is 1.55. The molecule has 0 spiro atoms. The van der Waals surface area contributed by atoms with E-state index in [2.05, 4.69) is 5.32 Å². The minimum Gasteiger partial charge on any atom is -0.484 e. The Hall–Kier alpha value is -2.91. The van der Waals surface area contributed by atoms with E-state index in [0.29, 0.717) is 30.1 Å². The molecular formula is C19H21N3O5S. The van der Waals surface area contributed by atoms with E-state index in [1.54, 1.807) is 24.3 Å². The average Bonchev–Trinajstić information content (AvgIpc) is 3.23. The van der Waals surface area contributed by atoms with Crippen molar-refractivity contribution in [1.82, 2.24) is 4.31 Å². The summed E-state index contributed by atoms with van der Waals surface area (Å²) in [5, 5.41) is 2.64. The number of sulfonamides is 1. The Morgan fingerprint density at radius 2 is 1.61 bits per heavy atom. The van der Waals surface area contributed by atoms with E-state index in [9.17, 15) is 18.0 Å². The van der Waals surface area contributed by atoms with Crippen LogP contribution in [0.2, 0.25) is 0 Å². The monoisotopic (exact) mass is 403 g/mol. The van der Waals surface area contributed by atoms with Crippen LogP contribution in [0.5, 0.6) is 5.75 Å². The molecule has 0 radical (unpaired) electrons. The lowest BCUT2D eigenvalue weighted by Crippen LogP contribution is -2.27. The SMILES string of the molecule is NC(=O)c1ccc(OCC(=O)Nc2ccc(S(=O)(=O)N3CCCC3)cc2)cc1. The minimum absolute atomic E-state index is 0.207. The molecule has 0 bridgehead atoms. The van der Waals surface area contributed by atoms with Crippen molar-refractivity contribution in [2.24, 2.45) is 5.73 Å². The highest BCUT2D eigenvalue weighted by Crippen LogP contribution is 2.22. The van der Waals surface area contributed by atoms with Crippen molar-refractivity contribution in [3.63, 3.8) is 0 Å². The summed E-state index contributed by atoms with van der Waals surface area (Å²) < 4.78 is 31.8. The lowest BCUT2D eigenvalue weighted by Gasteiger charge is -2.15. The third kappa shape index (κ3) is 4.68. The number of hydrogen-bond donors (Lipinski definition) is 2. The number of primary amides is 1. The molecule has 3 rings (SSSR count). The quantitative estimate of drug-likeness (QED) is 0.728. The summed E-state index contributed by atoms with van der Waals surface area (Å²) in [6.07, 6.45) is 1.75. The van der Waals surface area contributed by atoms with Gasteiger partial charge in [0.25, 0.3) is 5.91 Å². The van der Waals surface area contributed by atoms with Gasteiger partial charge in [0, 0.05) is 24.3 Å². The molecule has 1 saturated heterocycles. The van der Waals surface area contributed by atoms with E-state index < -0.39 is 21.8 Å². The van der Waals surface area contributed by atoms with Gasteiger partial charge >= 0.3 is 0 Å². The molecule has 8 nitrogen and oxygen atoms in total. The summed E-state index contributed by atoms with van der Waals surface area (Å²) in [5.74, 6) is -0.513. The summed E-state index contributed by atoms with van der Waals surface area (Å²) in [4.78, 5) is 23.2. The van der Waals surface area contributed by atoms with Crippen molar-refractivity contribution >= 4 is 27.5 Å². The predicted octanol–water partition coefficient (Wildman–Crippen LogP) is 1.59. The Morgan fingerprint density at radius 1 is 1.00 bits per heavy atom. The molecule has 148 valence electrons. The number of nitrogens with two attached hydrogens (primary N) is 1. The summed E-state index contributed by atoms with van der Waals surface area (Å²) in [6, 6.07) is 12.2. The van der Waals surface area contributed by atoms with Crippen molar-refractivity contribution in [2.45, 2.75) is 17.7 Å². The first-order valence-electron chi connectivity index (χ1n) is 8.79. The zero-order chi connectivity index (χ0) is 20.1. The van der Waals surface area contributed by atoms with Crippen LogP contribution in [0.3, 0.4) is 0 Å². The molecule has 28 heavy (non-hydrogen) atoms. The molecule has 1 fully saturated rings. The van der Waals surface area contributed by atoms with Crippen molar-refractivity contribution in [1.29, 1.82) is 0 Å². The highest BCUT2D eigenvalue weighted by atomic mass is 32.2. The zero-order valence-electron chi connectivity index (χ0n) is 15.1. The molecule has 0 unspecified atom stereocenters. The molecule has 0 aromatic heterocycles. The molecule has 1 aliphatic heterocycles. The fraction of sp³-hybridized carbons (Fsp3) is 0.263. The van der Waals surface area contributed by atoms with E-state index in [4.69, 9.17) is 10.5 Å². The van der Waals surface area contributed by atoms with Gasteiger partial charge in [-0.05, 0) is 61.4 Å². The van der Waals surface area contributed by atoms with E-state index in [1.165, 1.54) is 28.6 Å². The van der Waals surface area contributed by atoms with Crippen molar-refractivity contribution < 1.29 is 22.7 Å². The third-order valence-electron chi connectivity index (χ3n) is 4.35. The second-order valence-corrected chi connectivity index (χ2v) is 8.30. The van der Waals surface area contributed by atoms with E-state index in [-0.39, 0.29) is 11.5 Å². The number of amides is 2. The summed E-state index contributed by atoms with van der Waals surface area (Å²) >= 11 is 0. The predicted molar refractivity (Wildman–Crippen MR) is 104 cm³/mol. The Labute approximate surface area is 163 Å². The maximum atomic E-state index is 12.5. The van der Waals surface area contributed by atoms with Gasteiger partial charge in [0.15, 0.2) is 6.61 Å². The molecular weight excluding hydrogens is 382 g/mol. The number of rotatable bonds is 7. The van der Waals surface area contributed by atoms with E-state index >= 15 is 0 Å². The fourth-order valence-corrected chi connectivity index (χ4v) is 4.37. The average molecular weight is 403 g/mol. The summed E-state index contributed by atoms with van der Waals surface area (Å²) in [5.41, 5.74) is 5.98. The van der Waals surface area contributed by atoms with Crippen LogP contribution in [0.25, 0.3) is 0 Å². The number of benzene rings is 2. The minimum atomic E-state index is -3.48. The van der Waals surface area contributed by atoms with Crippen LogP contribution in [0.4, 0.5) is 5.69 Å². The first kappa shape index (κ1) is 19.8. The number of ether oxygens (including phenoxy) is 1. The Morgan fingerprint density at radius 3 is 2.18 bits per heavy atom. The second-order valence-electron chi connectivity index (χ2n) is 6.36. The molecule has 3 N–H and O–H groups in total. The third-order valence-corrected chi connectivity index (χ3v) is 6.26. The first-order chi connectivity index (χ1) is 13.4. The fourth-order valence-electron chi connectivity index (χ4n) is 2.85. The van der Waals surface area contributed by atoms with Crippen LogP contribution in [-0.2, 0) is 14.8 Å². The second kappa shape index (κ2) is 8.41. The number of nitrogens with zero attached hydrogens (tertiary/aromatic N) is 1. The number of hydrogen-bond acceptors (Lipinski definition) is 5. The molecule has 0 atom stereocenters. The van der Waals surface area contributed by atoms with Gasteiger partial charge in [-0.25, -0.2) is 8.42 Å². The topological polar surface area (TPSA) is 119 Å². The van der Waals surface area contributed by atoms with Crippen molar-refractivity contribution in [2.75, 3.05) is 25.0 Å². The van der Waals surface area contributed by atoms with E-state index in [1.807, 2.05) is 0 Å². The zero-order valence-corrected chi connectivity index (χ0v) is 15.9. The molecule has 2 aromatic carbocycles. The Kier molecular flexibility index (Phi) is 5.96. The standard InChI is InChI=1S/C19H21N3O5S/c20-19(24)14-3-7-16(8-4-14)27-13-18(23)21-15-5-9-17(10-6-15)28(25,26)22-11-1-2-12-22/h3-10H,1-2,11-13H2,(H2,20,24)(H,21,23). The molecule has 0 saturated carbocycles. The summed E-state index contributed by atoms with van der Waals surface area (Å²) in [6.45, 7) is 0.848. The largest absolute Gasteiger partial charge is 0.484 e. The molecule has 2 amide bonds. The normalized spacial score (nSPS) is 14.6. The van der Waals surface area contributed by atoms with Gasteiger partial charge in [0.05, 0.1) is 4.90 Å². The van der Waals surface area contributed by atoms with E-state index in [0.717, 1.165) is 12.8 Å². The molecule has 1 heterocycles. The molecule has 9 heteroatoms. The van der Waals surface area contributed by atoms with Crippen LogP contribution in [0, 0.1) is 0 Å². The van der Waals surface area contributed by atoms with Gasteiger partial charge in [-0.2, -0.15) is 4.31 Å². The number of carbonyl (C=O) groups excluding carboxylic acids is 2. The van der Waals surface area contributed by atoms with Crippen molar-refractivity contribution in [3.05, 3.63) is 54.1 Å². The van der Waals surface area contributed by atoms with Gasteiger partial charge in [0.1, 0.15) is 5.75 Å². The van der Waals surface area contributed by atoms with Gasteiger partial charge in [-0.3, -0.25) is 9.59 Å². The maximum absolute atomic E-state index is 12.5. The van der Waals surface area contributed by atoms with Gasteiger partial charge in [-0.15, -0.1) is 0 Å². The van der Waals surface area contributed by atoms with Crippen LogP contribution in [-0.4, -0.2) is 44.2 Å². The molecule has 1 aliphatic rings. The lowest BCUT2D eigenvalue weighted by atomic mass is 10.2. The molecule has 0 aliphatic carbocycles. The number of nitrogens with one attached hydrogen (secondary N) is 1. The summed E-state index contributed by atoms with van der Waals surface area (Å²) in [7, 11) is -3.48. The highest BCUT2D eigenvalue weighted by Gasteiger charge is 2.26. The van der Waals surface area contributed by atoms with Crippen LogP contribution in [0.1, 0.15) is 23.2 Å². The molecule has 2 aromatic rings. The van der Waals surface area contributed by atoms with Gasteiger partial charge < -0.3 is 15.8 Å². The van der Waals surface area contributed by atoms with Crippen LogP contribution >= 0.6 is 0 Å². The smallest absolute Gasteiger partial charge is 0.262 e. The van der Waals surface area contributed by atoms with Crippen LogP contribution in [0.15, 0.2) is 53.4 Å². The number of anilines is 1. The Bertz CT molecular complexity index is 950. The first-order valence-corrected chi connectivity index (χ1v) is 10.2. The highest BCUT2D eigenvalue weighted by molar-refractivity contribution is 7.89. The maximum Gasteiger partial charge on any atom is 0.262 e. The van der Waals surface area contributed by atoms with Crippen LogP contribution < -0.4 is 15.8 Å². The lowest BCUT2D eigenvalue weighted by molar-refractivity contribution is -0.118. The van der Waals surface area contributed by atoms with Gasteiger partial charge in [-0.1, -0.05) is 0 Å². The number of carbonyl (C=O) groups is 2.